The lowest BCUT2D eigenvalue weighted by Crippen LogP contribution is -2.17. The minimum atomic E-state index is -0.585. The normalized spacial score (nSPS) is 10.8. The Labute approximate surface area is 189 Å². The van der Waals surface area contributed by atoms with Gasteiger partial charge in [0, 0.05) is 17.7 Å². The Kier molecular flexibility index (Phi) is 7.13. The van der Waals surface area contributed by atoms with E-state index in [0.717, 1.165) is 11.3 Å². The zero-order chi connectivity index (χ0) is 23.3. The molecule has 1 heterocycles. The molecule has 3 aromatic rings. The quantitative estimate of drug-likeness (QED) is 0.242. The molecule has 2 aromatic carbocycles. The number of hydrazone groups is 1. The van der Waals surface area contributed by atoms with Crippen LogP contribution < -0.4 is 10.3 Å². The molecular weight excluding hydrogens is 460 g/mol. The van der Waals surface area contributed by atoms with Gasteiger partial charge in [-0.15, -0.1) is 0 Å². The molecule has 0 saturated heterocycles. The lowest BCUT2D eigenvalue weighted by molar-refractivity contribution is -0.384. The number of nitrogens with one attached hydrogen (secondary N) is 1. The largest absolute Gasteiger partial charge is 0.465 e. The maximum Gasteiger partial charge on any atom is 0.337 e. The van der Waals surface area contributed by atoms with Crippen LogP contribution in [-0.4, -0.2) is 34.7 Å². The summed E-state index contributed by atoms with van der Waals surface area (Å²) in [7, 11) is 1.28. The SMILES string of the molecule is COC(=O)c1cccc(Cn2c(Cl)c(/C=N/NC(=O)c3ccc([N+](=O)[O-])cc3)sc2=O)c1. The van der Waals surface area contributed by atoms with E-state index in [-0.39, 0.29) is 27.8 Å². The predicted molar refractivity (Wildman–Crippen MR) is 119 cm³/mol. The van der Waals surface area contributed by atoms with E-state index in [1.807, 2.05) is 0 Å². The molecular formula is C20H15ClN4O6S. The number of halogens is 1. The van der Waals surface area contributed by atoms with E-state index in [1.54, 1.807) is 24.3 Å². The van der Waals surface area contributed by atoms with Gasteiger partial charge in [0.1, 0.15) is 5.15 Å². The Balaban J connectivity index is 1.71. The summed E-state index contributed by atoms with van der Waals surface area (Å²) < 4.78 is 6.00. The van der Waals surface area contributed by atoms with E-state index >= 15 is 0 Å². The van der Waals surface area contributed by atoms with E-state index in [0.29, 0.717) is 16.0 Å². The number of hydrogen-bond donors (Lipinski definition) is 1. The number of carbonyl (C=O) groups is 2. The van der Waals surface area contributed by atoms with Gasteiger partial charge in [-0.1, -0.05) is 35.1 Å². The van der Waals surface area contributed by atoms with E-state index in [2.05, 4.69) is 10.5 Å². The zero-order valence-electron chi connectivity index (χ0n) is 16.5. The number of benzene rings is 2. The van der Waals surface area contributed by atoms with Crippen LogP contribution in [0.2, 0.25) is 5.15 Å². The Morgan fingerprint density at radius 3 is 2.62 bits per heavy atom. The number of nitro benzene ring substituents is 1. The number of hydrogen-bond acceptors (Lipinski definition) is 8. The minimum absolute atomic E-state index is 0.122. The lowest BCUT2D eigenvalue weighted by atomic mass is 10.1. The van der Waals surface area contributed by atoms with E-state index in [4.69, 9.17) is 16.3 Å². The van der Waals surface area contributed by atoms with Gasteiger partial charge < -0.3 is 4.74 Å². The van der Waals surface area contributed by atoms with Crippen molar-refractivity contribution in [3.05, 3.63) is 95.0 Å². The number of rotatable bonds is 7. The third-order valence-electron chi connectivity index (χ3n) is 4.23. The number of ether oxygens (including phenoxy) is 1. The summed E-state index contributed by atoms with van der Waals surface area (Å²) in [6.07, 6.45) is 1.24. The van der Waals surface area contributed by atoms with Crippen LogP contribution in [-0.2, 0) is 11.3 Å². The highest BCUT2D eigenvalue weighted by molar-refractivity contribution is 7.11. The summed E-state index contributed by atoms with van der Waals surface area (Å²) in [6, 6.07) is 11.6. The number of carbonyl (C=O) groups excluding carboxylic acids is 2. The molecule has 3 rings (SSSR count). The van der Waals surface area contributed by atoms with Crippen LogP contribution in [0.3, 0.4) is 0 Å². The second-order valence-corrected chi connectivity index (χ2v) is 7.66. The Morgan fingerprint density at radius 1 is 1.25 bits per heavy atom. The van der Waals surface area contributed by atoms with E-state index in [9.17, 15) is 24.5 Å². The molecule has 0 unspecified atom stereocenters. The monoisotopic (exact) mass is 474 g/mol. The van der Waals surface area contributed by atoms with Crippen molar-refractivity contribution in [3.8, 4) is 0 Å². The van der Waals surface area contributed by atoms with Gasteiger partial charge in [-0.25, -0.2) is 10.2 Å². The average Bonchev–Trinajstić information content (AvgIpc) is 3.06. The summed E-state index contributed by atoms with van der Waals surface area (Å²) in [5, 5.41) is 14.6. The van der Waals surface area contributed by atoms with Crippen LogP contribution >= 0.6 is 22.9 Å². The Morgan fingerprint density at radius 2 is 1.97 bits per heavy atom. The van der Waals surface area contributed by atoms with E-state index in [1.165, 1.54) is 42.2 Å². The molecule has 1 N–H and O–H groups in total. The smallest absolute Gasteiger partial charge is 0.337 e. The van der Waals surface area contributed by atoms with Crippen molar-refractivity contribution >= 4 is 46.7 Å². The average molecular weight is 475 g/mol. The Bertz CT molecular complexity index is 1270. The first-order valence-electron chi connectivity index (χ1n) is 8.94. The standard InChI is InChI=1S/C20H15ClN4O6S/c1-31-19(27)14-4-2-3-12(9-14)11-24-17(21)16(32-20(24)28)10-22-23-18(26)13-5-7-15(8-6-13)25(29)30/h2-10H,11H2,1H3,(H,23,26)/b22-10+. The molecule has 0 aliphatic rings. The van der Waals surface area contributed by atoms with Crippen LogP contribution in [0.4, 0.5) is 5.69 Å². The summed E-state index contributed by atoms with van der Waals surface area (Å²) in [4.78, 5) is 46.2. The number of aromatic nitrogens is 1. The second-order valence-electron chi connectivity index (χ2n) is 6.30. The first kappa shape index (κ1) is 22.8. The van der Waals surface area contributed by atoms with Crippen molar-refractivity contribution in [2.75, 3.05) is 7.11 Å². The molecule has 0 aliphatic heterocycles. The molecule has 0 aliphatic carbocycles. The van der Waals surface area contributed by atoms with E-state index < -0.39 is 16.8 Å². The highest BCUT2D eigenvalue weighted by Gasteiger charge is 2.14. The molecule has 32 heavy (non-hydrogen) atoms. The summed E-state index contributed by atoms with van der Waals surface area (Å²) in [5.41, 5.74) is 3.33. The highest BCUT2D eigenvalue weighted by atomic mass is 35.5. The maximum atomic E-state index is 12.3. The number of esters is 1. The second kappa shape index (κ2) is 9.98. The van der Waals surface area contributed by atoms with Crippen LogP contribution in [0.5, 0.6) is 0 Å². The third-order valence-corrected chi connectivity index (χ3v) is 5.67. The van der Waals surface area contributed by atoms with Gasteiger partial charge in [-0.2, -0.15) is 5.10 Å². The molecule has 12 heteroatoms. The molecule has 164 valence electrons. The summed E-state index contributed by atoms with van der Waals surface area (Å²) >= 11 is 7.14. The van der Waals surface area contributed by atoms with Crippen molar-refractivity contribution in [2.45, 2.75) is 6.54 Å². The molecule has 0 bridgehead atoms. The molecule has 0 atom stereocenters. The number of nitrogens with zero attached hydrogens (tertiary/aromatic N) is 3. The van der Waals surface area contributed by atoms with Crippen LogP contribution in [0.1, 0.15) is 31.2 Å². The van der Waals surface area contributed by atoms with Gasteiger partial charge in [-0.3, -0.25) is 24.3 Å². The summed E-state index contributed by atoms with van der Waals surface area (Å²) in [6.45, 7) is 0.127. The van der Waals surface area contributed by atoms with Crippen molar-refractivity contribution in [1.82, 2.24) is 9.99 Å². The molecule has 0 spiro atoms. The van der Waals surface area contributed by atoms with Crippen molar-refractivity contribution in [1.29, 1.82) is 0 Å². The van der Waals surface area contributed by atoms with Gasteiger partial charge in [-0.05, 0) is 29.8 Å². The van der Waals surface area contributed by atoms with Crippen LogP contribution in [0, 0.1) is 10.1 Å². The molecule has 1 amide bonds. The first-order chi connectivity index (χ1) is 15.3. The molecule has 0 saturated carbocycles. The number of thiazole rings is 1. The predicted octanol–water partition coefficient (Wildman–Crippen LogP) is 3.07. The molecule has 10 nitrogen and oxygen atoms in total. The number of nitro groups is 1. The van der Waals surface area contributed by atoms with Gasteiger partial charge in [0.05, 0.1) is 35.2 Å². The van der Waals surface area contributed by atoms with Crippen molar-refractivity contribution < 1.29 is 19.2 Å². The fourth-order valence-corrected chi connectivity index (χ4v) is 3.77. The summed E-state index contributed by atoms with van der Waals surface area (Å²) in [5.74, 6) is -1.08. The van der Waals surface area contributed by atoms with Gasteiger partial charge in [0.25, 0.3) is 11.6 Å². The molecule has 0 fully saturated rings. The minimum Gasteiger partial charge on any atom is -0.465 e. The highest BCUT2D eigenvalue weighted by Crippen LogP contribution is 2.19. The number of non-ortho nitro benzene ring substituents is 1. The fourth-order valence-electron chi connectivity index (χ4n) is 2.66. The Hall–Kier alpha value is -3.83. The fraction of sp³-hybridized carbons (Fsp3) is 0.100. The molecule has 0 radical (unpaired) electrons. The maximum absolute atomic E-state index is 12.3. The van der Waals surface area contributed by atoms with Gasteiger partial charge in [0.15, 0.2) is 0 Å². The zero-order valence-corrected chi connectivity index (χ0v) is 18.1. The first-order valence-corrected chi connectivity index (χ1v) is 10.1. The van der Waals surface area contributed by atoms with Crippen molar-refractivity contribution in [3.63, 3.8) is 0 Å². The topological polar surface area (TPSA) is 133 Å². The number of amides is 1. The lowest BCUT2D eigenvalue weighted by Gasteiger charge is -2.06. The number of methoxy groups -OCH3 is 1. The van der Waals surface area contributed by atoms with Crippen LogP contribution in [0.15, 0.2) is 58.4 Å². The molecule has 1 aromatic heterocycles. The van der Waals surface area contributed by atoms with Crippen LogP contribution in [0.25, 0.3) is 0 Å². The van der Waals surface area contributed by atoms with Crippen molar-refractivity contribution in [2.24, 2.45) is 5.10 Å². The third kappa shape index (κ3) is 5.25. The van der Waals surface area contributed by atoms with Gasteiger partial charge in [0.2, 0.25) is 0 Å². The van der Waals surface area contributed by atoms with Gasteiger partial charge >= 0.3 is 10.8 Å².